The van der Waals surface area contributed by atoms with Crippen LogP contribution >= 0.6 is 0 Å². The smallest absolute Gasteiger partial charge is 0.0492 e. The Labute approximate surface area is 92.1 Å². The van der Waals surface area contributed by atoms with Crippen LogP contribution in [0.2, 0.25) is 0 Å². The minimum Gasteiger partial charge on any atom is -0.301 e. The number of hydrogen-bond acceptors (Lipinski definition) is 2. The summed E-state index contributed by atoms with van der Waals surface area (Å²) in [5.41, 5.74) is 1.40. The summed E-state index contributed by atoms with van der Waals surface area (Å²) in [6.07, 6.45) is 4.46. The van der Waals surface area contributed by atoms with E-state index in [-0.39, 0.29) is 0 Å². The molecule has 2 rings (SSSR count). The van der Waals surface area contributed by atoms with Gasteiger partial charge in [0.1, 0.15) is 0 Å². The fraction of sp³-hybridized carbons (Fsp3) is 0.750. The monoisotopic (exact) mass is 207 g/mol. The molecule has 0 amide bonds. The maximum absolute atomic E-state index is 4.25. The lowest BCUT2D eigenvalue weighted by atomic mass is 9.93. The lowest BCUT2D eigenvalue weighted by Gasteiger charge is -2.34. The van der Waals surface area contributed by atoms with Crippen molar-refractivity contribution < 1.29 is 0 Å². The van der Waals surface area contributed by atoms with Crippen molar-refractivity contribution in [1.82, 2.24) is 14.7 Å². The van der Waals surface area contributed by atoms with Crippen LogP contribution in [-0.2, 0) is 7.05 Å². The first-order chi connectivity index (χ1) is 7.18. The van der Waals surface area contributed by atoms with Gasteiger partial charge in [-0.2, -0.15) is 5.10 Å². The second-order valence-electron chi connectivity index (χ2n) is 4.78. The van der Waals surface area contributed by atoms with Crippen molar-refractivity contribution in [3.05, 3.63) is 18.0 Å². The molecule has 1 aliphatic rings. The number of nitrogens with zero attached hydrogens (tertiary/aromatic N) is 3. The third-order valence-electron chi connectivity index (χ3n) is 3.54. The number of rotatable bonds is 2. The van der Waals surface area contributed by atoms with E-state index in [4.69, 9.17) is 0 Å². The highest BCUT2D eigenvalue weighted by atomic mass is 15.3. The predicted molar refractivity (Wildman–Crippen MR) is 61.9 cm³/mol. The van der Waals surface area contributed by atoms with Crippen molar-refractivity contribution >= 4 is 0 Å². The Morgan fingerprint density at radius 1 is 1.33 bits per heavy atom. The van der Waals surface area contributed by atoms with E-state index in [1.807, 2.05) is 17.9 Å². The maximum Gasteiger partial charge on any atom is 0.0492 e. The molecule has 0 radical (unpaired) electrons. The van der Waals surface area contributed by atoms with Gasteiger partial charge in [-0.25, -0.2) is 0 Å². The van der Waals surface area contributed by atoms with E-state index in [1.165, 1.54) is 31.6 Å². The molecule has 1 saturated heterocycles. The molecule has 1 aliphatic heterocycles. The van der Waals surface area contributed by atoms with Crippen molar-refractivity contribution in [3.63, 3.8) is 0 Å². The molecule has 3 nitrogen and oxygen atoms in total. The number of hydrogen-bond donors (Lipinski definition) is 0. The minimum absolute atomic E-state index is 0.692. The van der Waals surface area contributed by atoms with Gasteiger partial charge in [0.2, 0.25) is 0 Å². The Hall–Kier alpha value is -0.830. The molecule has 2 heterocycles. The topological polar surface area (TPSA) is 21.1 Å². The lowest BCUT2D eigenvalue weighted by molar-refractivity contribution is 0.169. The standard InChI is InChI=1S/C12H21N3/c1-10(2)15-8-5-11(6-9-15)12-4-7-13-14(12)3/h4,7,10-11H,5-6,8-9H2,1-3H3. The zero-order valence-corrected chi connectivity index (χ0v) is 9.98. The van der Waals surface area contributed by atoms with Crippen LogP contribution in [0.5, 0.6) is 0 Å². The zero-order chi connectivity index (χ0) is 10.8. The maximum atomic E-state index is 4.25. The Bertz CT molecular complexity index is 308. The molecular weight excluding hydrogens is 186 g/mol. The first-order valence-corrected chi connectivity index (χ1v) is 5.90. The highest BCUT2D eigenvalue weighted by Gasteiger charge is 2.23. The van der Waals surface area contributed by atoms with Crippen LogP contribution in [0.25, 0.3) is 0 Å². The van der Waals surface area contributed by atoms with Gasteiger partial charge in [-0.15, -0.1) is 0 Å². The Morgan fingerprint density at radius 2 is 2.00 bits per heavy atom. The molecular formula is C12H21N3. The Balaban J connectivity index is 1.97. The third-order valence-corrected chi connectivity index (χ3v) is 3.54. The van der Waals surface area contributed by atoms with Gasteiger partial charge in [0.15, 0.2) is 0 Å². The molecule has 0 N–H and O–H groups in total. The summed E-state index contributed by atoms with van der Waals surface area (Å²) in [6.45, 7) is 7.02. The van der Waals surface area contributed by atoms with E-state index in [2.05, 4.69) is 29.9 Å². The van der Waals surface area contributed by atoms with Crippen LogP contribution in [0.1, 0.15) is 38.3 Å². The van der Waals surface area contributed by atoms with Crippen molar-refractivity contribution in [2.75, 3.05) is 13.1 Å². The molecule has 84 valence electrons. The number of aryl methyl sites for hydroxylation is 1. The van der Waals surface area contributed by atoms with Gasteiger partial charge in [-0.1, -0.05) is 0 Å². The molecule has 15 heavy (non-hydrogen) atoms. The fourth-order valence-electron chi connectivity index (χ4n) is 2.50. The van der Waals surface area contributed by atoms with Gasteiger partial charge >= 0.3 is 0 Å². The molecule has 0 unspecified atom stereocenters. The summed E-state index contributed by atoms with van der Waals surface area (Å²) in [6, 6.07) is 2.85. The van der Waals surface area contributed by atoms with Crippen molar-refractivity contribution in [3.8, 4) is 0 Å². The SMILES string of the molecule is CC(C)N1CCC(c2ccnn2C)CC1. The van der Waals surface area contributed by atoms with Crippen molar-refractivity contribution in [1.29, 1.82) is 0 Å². The average Bonchev–Trinajstić information content (AvgIpc) is 2.65. The van der Waals surface area contributed by atoms with Crippen LogP contribution in [0.3, 0.4) is 0 Å². The molecule has 3 heteroatoms. The first-order valence-electron chi connectivity index (χ1n) is 5.90. The van der Waals surface area contributed by atoms with Crippen LogP contribution < -0.4 is 0 Å². The Kier molecular flexibility index (Phi) is 3.10. The van der Waals surface area contributed by atoms with Gasteiger partial charge in [-0.05, 0) is 45.8 Å². The quantitative estimate of drug-likeness (QED) is 0.739. The minimum atomic E-state index is 0.692. The summed E-state index contributed by atoms with van der Waals surface area (Å²) < 4.78 is 2.02. The van der Waals surface area contributed by atoms with Gasteiger partial charge in [0.25, 0.3) is 0 Å². The molecule has 0 aromatic carbocycles. The van der Waals surface area contributed by atoms with Gasteiger partial charge in [0.05, 0.1) is 0 Å². The van der Waals surface area contributed by atoms with E-state index in [9.17, 15) is 0 Å². The van der Waals surface area contributed by atoms with Crippen molar-refractivity contribution in [2.24, 2.45) is 7.05 Å². The normalized spacial score (nSPS) is 20.0. The highest BCUT2D eigenvalue weighted by molar-refractivity contribution is 5.08. The molecule has 1 aromatic heterocycles. The van der Waals surface area contributed by atoms with Crippen LogP contribution in [0.4, 0.5) is 0 Å². The molecule has 0 spiro atoms. The molecule has 1 fully saturated rings. The Morgan fingerprint density at radius 3 is 2.47 bits per heavy atom. The van der Waals surface area contributed by atoms with Crippen LogP contribution in [-0.4, -0.2) is 33.8 Å². The fourth-order valence-corrected chi connectivity index (χ4v) is 2.50. The number of likely N-dealkylation sites (tertiary alicyclic amines) is 1. The second-order valence-corrected chi connectivity index (χ2v) is 4.78. The molecule has 0 saturated carbocycles. The van der Waals surface area contributed by atoms with E-state index in [0.29, 0.717) is 12.0 Å². The van der Waals surface area contributed by atoms with E-state index in [1.54, 1.807) is 0 Å². The highest BCUT2D eigenvalue weighted by Crippen LogP contribution is 2.27. The number of piperidine rings is 1. The molecule has 0 atom stereocenters. The van der Waals surface area contributed by atoms with Crippen molar-refractivity contribution in [2.45, 2.75) is 38.6 Å². The summed E-state index contributed by atoms with van der Waals surface area (Å²) in [5, 5.41) is 4.25. The third kappa shape index (κ3) is 2.23. The van der Waals surface area contributed by atoms with Gasteiger partial charge in [0, 0.05) is 30.9 Å². The summed E-state index contributed by atoms with van der Waals surface area (Å²) in [4.78, 5) is 2.56. The largest absolute Gasteiger partial charge is 0.301 e. The van der Waals surface area contributed by atoms with E-state index < -0.39 is 0 Å². The predicted octanol–water partition coefficient (Wildman–Crippen LogP) is 2.01. The van der Waals surface area contributed by atoms with Crippen LogP contribution in [0.15, 0.2) is 12.3 Å². The lowest BCUT2D eigenvalue weighted by Crippen LogP contribution is -2.38. The first kappa shape index (κ1) is 10.7. The van der Waals surface area contributed by atoms with Gasteiger partial charge in [-0.3, -0.25) is 4.68 Å². The van der Waals surface area contributed by atoms with E-state index >= 15 is 0 Å². The van der Waals surface area contributed by atoms with Crippen LogP contribution in [0, 0.1) is 0 Å². The summed E-state index contributed by atoms with van der Waals surface area (Å²) in [5.74, 6) is 0.715. The molecule has 0 aliphatic carbocycles. The second kappa shape index (κ2) is 4.35. The molecule has 0 bridgehead atoms. The summed E-state index contributed by atoms with van der Waals surface area (Å²) >= 11 is 0. The number of aromatic nitrogens is 2. The van der Waals surface area contributed by atoms with E-state index in [0.717, 1.165) is 0 Å². The average molecular weight is 207 g/mol. The summed E-state index contributed by atoms with van der Waals surface area (Å²) in [7, 11) is 2.05. The van der Waals surface area contributed by atoms with Gasteiger partial charge < -0.3 is 4.90 Å². The molecule has 1 aromatic rings. The zero-order valence-electron chi connectivity index (χ0n) is 9.98.